The first-order valence-electron chi connectivity index (χ1n) is 7.68. The summed E-state index contributed by atoms with van der Waals surface area (Å²) in [6.45, 7) is 1.82. The molecule has 9 heteroatoms. The molecule has 0 bridgehead atoms. The Balaban J connectivity index is 2.18. The average molecular weight is 437 g/mol. The second-order valence-electron chi connectivity index (χ2n) is 5.37. The number of nitrogens with zero attached hydrogens (tertiary/aromatic N) is 4. The fourth-order valence-corrected chi connectivity index (χ4v) is 3.59. The van der Waals surface area contributed by atoms with Crippen molar-refractivity contribution in [2.24, 2.45) is 0 Å². The summed E-state index contributed by atoms with van der Waals surface area (Å²) in [7, 11) is -2.50. The van der Waals surface area contributed by atoms with Gasteiger partial charge in [0.1, 0.15) is 5.82 Å². The van der Waals surface area contributed by atoms with E-state index in [2.05, 4.69) is 20.9 Å². The summed E-state index contributed by atoms with van der Waals surface area (Å²) < 4.78 is 27.0. The maximum absolute atomic E-state index is 12.6. The SMILES string of the molecule is CCN(C(=O)CN(C)S(=O)(=O)c1ccc(C#N)cc1)c1ccc(Br)cn1. The molecule has 0 saturated carbocycles. The van der Waals surface area contributed by atoms with Crippen LogP contribution in [0.1, 0.15) is 12.5 Å². The highest BCUT2D eigenvalue weighted by Gasteiger charge is 2.25. The number of benzene rings is 1. The Bertz CT molecular complexity index is 922. The standard InChI is InChI=1S/C17H17BrN4O3S/c1-3-22(16-9-6-14(18)11-20-16)17(23)12-21(2)26(24,25)15-7-4-13(10-19)5-8-15/h4-9,11H,3,12H2,1-2H3. The Hall–Kier alpha value is -2.28. The van der Waals surface area contributed by atoms with E-state index in [1.165, 1.54) is 36.2 Å². The zero-order valence-corrected chi connectivity index (χ0v) is 16.7. The van der Waals surface area contributed by atoms with Crippen LogP contribution in [0.25, 0.3) is 0 Å². The first-order chi connectivity index (χ1) is 12.3. The van der Waals surface area contributed by atoms with E-state index < -0.39 is 10.0 Å². The van der Waals surface area contributed by atoms with Crippen LogP contribution in [0.2, 0.25) is 0 Å². The van der Waals surface area contributed by atoms with Gasteiger partial charge in [-0.15, -0.1) is 0 Å². The number of halogens is 1. The number of aromatic nitrogens is 1. The lowest BCUT2D eigenvalue weighted by molar-refractivity contribution is -0.118. The molecule has 1 aromatic heterocycles. The Morgan fingerprint density at radius 1 is 1.23 bits per heavy atom. The molecule has 2 rings (SSSR count). The molecular weight excluding hydrogens is 420 g/mol. The molecule has 0 aliphatic heterocycles. The van der Waals surface area contributed by atoms with Gasteiger partial charge in [-0.25, -0.2) is 13.4 Å². The summed E-state index contributed by atoms with van der Waals surface area (Å²) in [6, 6.07) is 10.9. The van der Waals surface area contributed by atoms with E-state index in [0.29, 0.717) is 17.9 Å². The number of carbonyl (C=O) groups is 1. The van der Waals surface area contributed by atoms with Gasteiger partial charge in [0, 0.05) is 24.3 Å². The van der Waals surface area contributed by atoms with E-state index in [1.807, 2.05) is 6.07 Å². The summed E-state index contributed by atoms with van der Waals surface area (Å²) in [5, 5.41) is 8.80. The van der Waals surface area contributed by atoms with Crippen LogP contribution in [0.5, 0.6) is 0 Å². The van der Waals surface area contributed by atoms with Gasteiger partial charge >= 0.3 is 0 Å². The summed E-state index contributed by atoms with van der Waals surface area (Å²) in [4.78, 5) is 18.2. The van der Waals surface area contributed by atoms with Crippen LogP contribution in [-0.2, 0) is 14.8 Å². The number of amides is 1. The normalized spacial score (nSPS) is 11.2. The van der Waals surface area contributed by atoms with Crippen molar-refractivity contribution >= 4 is 37.7 Å². The van der Waals surface area contributed by atoms with Crippen molar-refractivity contribution in [2.75, 3.05) is 25.0 Å². The van der Waals surface area contributed by atoms with Gasteiger partial charge in [-0.05, 0) is 59.3 Å². The lowest BCUT2D eigenvalue weighted by atomic mass is 10.2. The number of likely N-dealkylation sites (N-methyl/N-ethyl adjacent to an activating group) is 2. The maximum Gasteiger partial charge on any atom is 0.243 e. The molecule has 0 radical (unpaired) electrons. The molecule has 0 atom stereocenters. The number of anilines is 1. The first-order valence-corrected chi connectivity index (χ1v) is 9.91. The predicted octanol–water partition coefficient (Wildman–Crippen LogP) is 2.39. The third kappa shape index (κ3) is 4.46. The van der Waals surface area contributed by atoms with Gasteiger partial charge in [0.05, 0.1) is 23.1 Å². The minimum absolute atomic E-state index is 0.0246. The zero-order chi connectivity index (χ0) is 19.3. The molecule has 1 heterocycles. The van der Waals surface area contributed by atoms with Crippen molar-refractivity contribution in [1.82, 2.24) is 9.29 Å². The van der Waals surface area contributed by atoms with Gasteiger partial charge in [-0.3, -0.25) is 9.69 Å². The maximum atomic E-state index is 12.6. The Labute approximate surface area is 161 Å². The molecule has 7 nitrogen and oxygen atoms in total. The molecule has 0 N–H and O–H groups in total. The number of rotatable bonds is 6. The highest BCUT2D eigenvalue weighted by atomic mass is 79.9. The van der Waals surface area contributed by atoms with Crippen molar-refractivity contribution in [3.63, 3.8) is 0 Å². The number of carbonyl (C=O) groups excluding carboxylic acids is 1. The second-order valence-corrected chi connectivity index (χ2v) is 8.33. The van der Waals surface area contributed by atoms with Gasteiger partial charge in [0.2, 0.25) is 15.9 Å². The van der Waals surface area contributed by atoms with Crippen LogP contribution in [-0.4, -0.2) is 43.8 Å². The predicted molar refractivity (Wildman–Crippen MR) is 101 cm³/mol. The van der Waals surface area contributed by atoms with Crippen molar-refractivity contribution in [2.45, 2.75) is 11.8 Å². The fraction of sp³-hybridized carbons (Fsp3) is 0.235. The monoisotopic (exact) mass is 436 g/mol. The smallest absolute Gasteiger partial charge is 0.243 e. The molecule has 2 aromatic rings. The van der Waals surface area contributed by atoms with Crippen LogP contribution < -0.4 is 4.90 Å². The highest BCUT2D eigenvalue weighted by Crippen LogP contribution is 2.18. The topological polar surface area (TPSA) is 94.4 Å². The molecule has 0 aliphatic carbocycles. The Morgan fingerprint density at radius 3 is 2.38 bits per heavy atom. The number of hydrogen-bond acceptors (Lipinski definition) is 5. The number of sulfonamides is 1. The van der Waals surface area contributed by atoms with Crippen molar-refractivity contribution in [3.05, 3.63) is 52.6 Å². The zero-order valence-electron chi connectivity index (χ0n) is 14.3. The molecule has 0 saturated heterocycles. The quantitative estimate of drug-likeness (QED) is 0.692. The van der Waals surface area contributed by atoms with E-state index in [9.17, 15) is 13.2 Å². The molecule has 0 aliphatic rings. The third-order valence-corrected chi connectivity index (χ3v) is 5.94. The van der Waals surface area contributed by atoms with E-state index in [1.54, 1.807) is 25.3 Å². The van der Waals surface area contributed by atoms with Crippen molar-refractivity contribution in [1.29, 1.82) is 5.26 Å². The minimum atomic E-state index is -3.84. The highest BCUT2D eigenvalue weighted by molar-refractivity contribution is 9.10. The Morgan fingerprint density at radius 2 is 1.88 bits per heavy atom. The minimum Gasteiger partial charge on any atom is -0.296 e. The number of nitriles is 1. The summed E-state index contributed by atoms with van der Waals surface area (Å²) in [5.41, 5.74) is 0.362. The van der Waals surface area contributed by atoms with Gasteiger partial charge in [-0.2, -0.15) is 9.57 Å². The Kier molecular flexibility index (Phi) is 6.47. The summed E-state index contributed by atoms with van der Waals surface area (Å²) in [6.07, 6.45) is 1.57. The molecule has 26 heavy (non-hydrogen) atoms. The van der Waals surface area contributed by atoms with Crippen molar-refractivity contribution < 1.29 is 13.2 Å². The number of hydrogen-bond donors (Lipinski definition) is 0. The van der Waals surface area contributed by atoms with E-state index in [4.69, 9.17) is 5.26 Å². The second kappa shape index (κ2) is 8.40. The third-order valence-electron chi connectivity index (χ3n) is 3.66. The van der Waals surface area contributed by atoms with E-state index in [-0.39, 0.29) is 17.3 Å². The fourth-order valence-electron chi connectivity index (χ4n) is 2.24. The van der Waals surface area contributed by atoms with Crippen LogP contribution >= 0.6 is 15.9 Å². The summed E-state index contributed by atoms with van der Waals surface area (Å²) in [5.74, 6) is 0.0620. The van der Waals surface area contributed by atoms with Crippen LogP contribution in [0, 0.1) is 11.3 Å². The van der Waals surface area contributed by atoms with Crippen LogP contribution in [0.15, 0.2) is 52.0 Å². The molecular formula is C17H17BrN4O3S. The van der Waals surface area contributed by atoms with Crippen LogP contribution in [0.3, 0.4) is 0 Å². The lowest BCUT2D eigenvalue weighted by Gasteiger charge is -2.23. The molecule has 1 amide bonds. The molecule has 0 unspecified atom stereocenters. The molecule has 136 valence electrons. The van der Waals surface area contributed by atoms with Gasteiger partial charge in [-0.1, -0.05) is 0 Å². The molecule has 0 spiro atoms. The van der Waals surface area contributed by atoms with Gasteiger partial charge < -0.3 is 0 Å². The van der Waals surface area contributed by atoms with Gasteiger partial charge in [0.15, 0.2) is 0 Å². The number of pyridine rings is 1. The van der Waals surface area contributed by atoms with Crippen molar-refractivity contribution in [3.8, 4) is 6.07 Å². The molecule has 1 aromatic carbocycles. The van der Waals surface area contributed by atoms with Gasteiger partial charge in [0.25, 0.3) is 0 Å². The molecule has 0 fully saturated rings. The largest absolute Gasteiger partial charge is 0.296 e. The first kappa shape index (κ1) is 20.0. The lowest BCUT2D eigenvalue weighted by Crippen LogP contribution is -2.41. The summed E-state index contributed by atoms with van der Waals surface area (Å²) >= 11 is 3.28. The average Bonchev–Trinajstić information content (AvgIpc) is 2.63. The van der Waals surface area contributed by atoms with E-state index >= 15 is 0 Å². The van der Waals surface area contributed by atoms with E-state index in [0.717, 1.165) is 8.78 Å². The van der Waals surface area contributed by atoms with Crippen LogP contribution in [0.4, 0.5) is 5.82 Å².